The maximum Gasteiger partial charge on any atom is 0.450 e. The summed E-state index contributed by atoms with van der Waals surface area (Å²) >= 11 is 11.8. The highest BCUT2D eigenvalue weighted by Gasteiger charge is 2.40. The predicted octanol–water partition coefficient (Wildman–Crippen LogP) is 6.41. The van der Waals surface area contributed by atoms with Gasteiger partial charge in [-0.2, -0.15) is 18.3 Å². The summed E-state index contributed by atoms with van der Waals surface area (Å²) in [4.78, 5) is 12.9. The van der Waals surface area contributed by atoms with Crippen molar-refractivity contribution in [2.75, 3.05) is 0 Å². The molecule has 2 N–H and O–H groups in total. The van der Waals surface area contributed by atoms with Gasteiger partial charge in [0.15, 0.2) is 11.3 Å². The monoisotopic (exact) mass is 486 g/mol. The lowest BCUT2D eigenvalue weighted by Crippen LogP contribution is -2.15. The van der Waals surface area contributed by atoms with E-state index in [4.69, 9.17) is 27.6 Å². The summed E-state index contributed by atoms with van der Waals surface area (Å²) in [6.45, 7) is 4.00. The van der Waals surface area contributed by atoms with Gasteiger partial charge in [0.25, 0.3) is 0 Å². The summed E-state index contributed by atoms with van der Waals surface area (Å²) in [7, 11) is 0. The van der Waals surface area contributed by atoms with Gasteiger partial charge in [0.1, 0.15) is 0 Å². The van der Waals surface area contributed by atoms with Gasteiger partial charge in [0.05, 0.1) is 32.9 Å². The number of rotatable bonds is 2. The van der Waals surface area contributed by atoms with Gasteiger partial charge < -0.3 is 14.6 Å². The van der Waals surface area contributed by atoms with Crippen LogP contribution in [0, 0.1) is 0 Å². The zero-order valence-electron chi connectivity index (χ0n) is 16.5. The summed E-state index contributed by atoms with van der Waals surface area (Å²) in [5, 5.41) is 23.5. The van der Waals surface area contributed by atoms with Crippen LogP contribution in [0.1, 0.15) is 19.6 Å². The Kier molecular flexibility index (Phi) is 6.43. The molecule has 4 rings (SSSR count). The van der Waals surface area contributed by atoms with Gasteiger partial charge in [-0.05, 0) is 30.3 Å². The van der Waals surface area contributed by atoms with Gasteiger partial charge in [0, 0.05) is 11.8 Å². The minimum Gasteiger partial charge on any atom is -0.504 e. The molecule has 0 aliphatic rings. The highest BCUT2D eigenvalue weighted by atomic mass is 35.5. The van der Waals surface area contributed by atoms with Crippen LogP contribution in [0.2, 0.25) is 10.0 Å². The number of aromatic nitrogens is 2. The molecule has 0 radical (unpaired) electrons. The Balaban J connectivity index is 0.00000141. The summed E-state index contributed by atoms with van der Waals surface area (Å²) in [5.41, 5.74) is -2.37. The first-order chi connectivity index (χ1) is 15.1. The normalized spacial score (nSPS) is 11.3. The number of hydrogen-bond acceptors (Lipinski definition) is 5. The molecular weight excluding hydrogens is 472 g/mol. The molecule has 2 aromatic carbocycles. The molecule has 168 valence electrons. The minimum atomic E-state index is -5.06. The number of alkyl halides is 3. The van der Waals surface area contributed by atoms with E-state index in [0.29, 0.717) is 5.69 Å². The number of benzene rings is 2. The second kappa shape index (κ2) is 8.76. The van der Waals surface area contributed by atoms with Gasteiger partial charge >= 0.3 is 6.18 Å². The standard InChI is InChI=1S/C19H9Cl2F3N2O4.C2H6/c20-11-3-1-9(5-12(11)21)26-7-8(6-25-26)14-15(28)10-2-4-13(27)16(29)17(10)30-18(14)19(22,23)24;1-2/h1-7,27,29H;1-2H3. The van der Waals surface area contributed by atoms with E-state index in [2.05, 4.69) is 5.10 Å². The number of nitrogens with zero attached hydrogens (tertiary/aromatic N) is 2. The molecule has 4 aromatic rings. The van der Waals surface area contributed by atoms with Crippen LogP contribution >= 0.6 is 23.2 Å². The Morgan fingerprint density at radius 2 is 1.75 bits per heavy atom. The molecule has 2 aromatic heterocycles. The van der Waals surface area contributed by atoms with E-state index in [0.717, 1.165) is 18.3 Å². The quantitative estimate of drug-likeness (QED) is 0.319. The second-order valence-corrected chi connectivity index (χ2v) is 7.03. The Hall–Kier alpha value is -3.17. The van der Waals surface area contributed by atoms with E-state index in [-0.39, 0.29) is 21.0 Å². The Morgan fingerprint density at radius 3 is 2.38 bits per heavy atom. The molecule has 0 saturated carbocycles. The van der Waals surface area contributed by atoms with Gasteiger partial charge in [0.2, 0.25) is 16.9 Å². The number of hydrogen-bond donors (Lipinski definition) is 2. The molecule has 2 heterocycles. The number of halogens is 5. The van der Waals surface area contributed by atoms with E-state index in [1.807, 2.05) is 13.8 Å². The van der Waals surface area contributed by atoms with Crippen LogP contribution in [0.4, 0.5) is 13.2 Å². The third-order valence-electron chi connectivity index (χ3n) is 4.31. The second-order valence-electron chi connectivity index (χ2n) is 6.22. The van der Waals surface area contributed by atoms with Crippen LogP contribution < -0.4 is 5.43 Å². The molecule has 0 fully saturated rings. The first-order valence-electron chi connectivity index (χ1n) is 9.17. The van der Waals surface area contributed by atoms with E-state index in [1.165, 1.54) is 23.0 Å². The lowest BCUT2D eigenvalue weighted by molar-refractivity contribution is -0.152. The lowest BCUT2D eigenvalue weighted by atomic mass is 10.0. The van der Waals surface area contributed by atoms with Crippen molar-refractivity contribution in [3.63, 3.8) is 0 Å². The van der Waals surface area contributed by atoms with E-state index >= 15 is 0 Å². The van der Waals surface area contributed by atoms with Gasteiger partial charge in [-0.3, -0.25) is 4.79 Å². The van der Waals surface area contributed by atoms with Crippen LogP contribution in [0.15, 0.2) is 51.9 Å². The van der Waals surface area contributed by atoms with E-state index in [9.17, 15) is 28.2 Å². The van der Waals surface area contributed by atoms with Gasteiger partial charge in [-0.25, -0.2) is 4.68 Å². The molecule has 0 bridgehead atoms. The molecule has 0 amide bonds. The Morgan fingerprint density at radius 1 is 1.06 bits per heavy atom. The van der Waals surface area contributed by atoms with Crippen molar-refractivity contribution in [3.8, 4) is 28.3 Å². The fraction of sp³-hybridized carbons (Fsp3) is 0.143. The van der Waals surface area contributed by atoms with E-state index in [1.54, 1.807) is 6.07 Å². The SMILES string of the molecule is CC.O=c1c(-c2cnn(-c3ccc(Cl)c(Cl)c3)c2)c(C(F)(F)F)oc2c(O)c(O)ccc12. The molecule has 6 nitrogen and oxygen atoms in total. The molecule has 0 saturated heterocycles. The van der Waals surface area contributed by atoms with Crippen molar-refractivity contribution < 1.29 is 27.8 Å². The molecule has 0 spiro atoms. The smallest absolute Gasteiger partial charge is 0.450 e. The Bertz CT molecular complexity index is 1360. The summed E-state index contributed by atoms with van der Waals surface area (Å²) in [6, 6.07) is 6.52. The maximum atomic E-state index is 13.7. The highest BCUT2D eigenvalue weighted by molar-refractivity contribution is 6.42. The molecule has 0 atom stereocenters. The van der Waals surface area contributed by atoms with Gasteiger partial charge in [-0.1, -0.05) is 37.0 Å². The molecule has 0 aliphatic carbocycles. The Labute approximate surface area is 189 Å². The lowest BCUT2D eigenvalue weighted by Gasteiger charge is -2.12. The van der Waals surface area contributed by atoms with Crippen molar-refractivity contribution >= 4 is 34.2 Å². The van der Waals surface area contributed by atoms with Crippen LogP contribution in [-0.2, 0) is 6.18 Å². The van der Waals surface area contributed by atoms with Crippen molar-refractivity contribution in [1.82, 2.24) is 9.78 Å². The van der Waals surface area contributed by atoms with E-state index < -0.39 is 40.0 Å². The summed E-state index contributed by atoms with van der Waals surface area (Å²) < 4.78 is 47.1. The van der Waals surface area contributed by atoms with Crippen LogP contribution in [0.3, 0.4) is 0 Å². The number of fused-ring (bicyclic) bond motifs is 1. The minimum absolute atomic E-state index is 0.170. The van der Waals surface area contributed by atoms with Crippen molar-refractivity contribution in [3.05, 3.63) is 68.8 Å². The topological polar surface area (TPSA) is 88.5 Å². The fourth-order valence-electron chi connectivity index (χ4n) is 2.92. The van der Waals surface area contributed by atoms with Crippen LogP contribution in [-0.4, -0.2) is 20.0 Å². The zero-order chi connectivity index (χ0) is 23.8. The maximum absolute atomic E-state index is 13.7. The predicted molar refractivity (Wildman–Crippen MR) is 115 cm³/mol. The summed E-state index contributed by atoms with van der Waals surface area (Å²) in [5.74, 6) is -3.32. The third kappa shape index (κ3) is 4.13. The van der Waals surface area contributed by atoms with Crippen molar-refractivity contribution in [2.45, 2.75) is 20.0 Å². The summed E-state index contributed by atoms with van der Waals surface area (Å²) in [6.07, 6.45) is -2.80. The number of phenolic OH excluding ortho intramolecular Hbond substituents is 2. The molecule has 0 aliphatic heterocycles. The molecule has 32 heavy (non-hydrogen) atoms. The highest BCUT2D eigenvalue weighted by Crippen LogP contribution is 2.41. The number of phenols is 2. The third-order valence-corrected chi connectivity index (χ3v) is 5.05. The largest absolute Gasteiger partial charge is 0.504 e. The van der Waals surface area contributed by atoms with Gasteiger partial charge in [-0.15, -0.1) is 0 Å². The first kappa shape index (κ1) is 23.5. The van der Waals surface area contributed by atoms with Crippen LogP contribution in [0.25, 0.3) is 27.8 Å². The average Bonchev–Trinajstić information content (AvgIpc) is 3.23. The number of aromatic hydroxyl groups is 2. The van der Waals surface area contributed by atoms with Crippen molar-refractivity contribution in [1.29, 1.82) is 0 Å². The molecule has 0 unspecified atom stereocenters. The molecular formula is C21H15Cl2F3N2O4. The van der Waals surface area contributed by atoms with Crippen molar-refractivity contribution in [2.24, 2.45) is 0 Å². The fourth-order valence-corrected chi connectivity index (χ4v) is 3.21. The average molecular weight is 487 g/mol. The molecule has 11 heteroatoms. The first-order valence-corrected chi connectivity index (χ1v) is 9.93. The van der Waals surface area contributed by atoms with Crippen LogP contribution in [0.5, 0.6) is 11.5 Å². The zero-order valence-corrected chi connectivity index (χ0v) is 18.0.